The zero-order valence-corrected chi connectivity index (χ0v) is 18.1. The molecule has 29 heavy (non-hydrogen) atoms. The lowest BCUT2D eigenvalue weighted by molar-refractivity contribution is -0.126. The summed E-state index contributed by atoms with van der Waals surface area (Å²) in [5.74, 6) is 0.406. The molecule has 2 amide bonds. The fraction of sp³-hybridized carbons (Fsp3) is 0.619. The van der Waals surface area contributed by atoms with E-state index >= 15 is 0 Å². The Kier molecular flexibility index (Phi) is 6.95. The van der Waals surface area contributed by atoms with Gasteiger partial charge in [0.1, 0.15) is 0 Å². The van der Waals surface area contributed by atoms with Gasteiger partial charge in [0.2, 0.25) is 21.8 Å². The average molecular weight is 422 g/mol. The molecule has 0 atom stereocenters. The summed E-state index contributed by atoms with van der Waals surface area (Å²) in [6, 6.07) is 4.92. The van der Waals surface area contributed by atoms with Crippen LogP contribution in [0.5, 0.6) is 0 Å². The molecule has 1 saturated heterocycles. The smallest absolute Gasteiger partial charge is 0.243 e. The number of carbonyl (C=O) groups excluding carboxylic acids is 2. The van der Waals surface area contributed by atoms with Gasteiger partial charge >= 0.3 is 0 Å². The Morgan fingerprint density at radius 3 is 2.66 bits per heavy atom. The molecule has 3 rings (SSSR count). The lowest BCUT2D eigenvalue weighted by Gasteiger charge is -2.30. The minimum atomic E-state index is -3.61. The van der Waals surface area contributed by atoms with Crippen LogP contribution in [0.2, 0.25) is 0 Å². The maximum Gasteiger partial charge on any atom is 0.243 e. The molecule has 0 spiro atoms. The second-order valence-electron chi connectivity index (χ2n) is 8.37. The van der Waals surface area contributed by atoms with Crippen LogP contribution in [0.4, 0.5) is 5.69 Å². The van der Waals surface area contributed by atoms with E-state index in [9.17, 15) is 18.0 Å². The Morgan fingerprint density at radius 2 is 1.97 bits per heavy atom. The quantitative estimate of drug-likeness (QED) is 0.738. The van der Waals surface area contributed by atoms with Crippen LogP contribution in [-0.2, 0) is 26.0 Å². The highest BCUT2D eigenvalue weighted by Crippen LogP contribution is 2.29. The fourth-order valence-electron chi connectivity index (χ4n) is 3.85. The molecular weight excluding hydrogens is 390 g/mol. The van der Waals surface area contributed by atoms with Crippen molar-refractivity contribution in [1.82, 2.24) is 9.62 Å². The summed E-state index contributed by atoms with van der Waals surface area (Å²) in [4.78, 5) is 24.3. The van der Waals surface area contributed by atoms with Crippen molar-refractivity contribution in [3.05, 3.63) is 23.8 Å². The molecule has 160 valence electrons. The number of hydrogen-bond donors (Lipinski definition) is 2. The van der Waals surface area contributed by atoms with E-state index in [0.717, 1.165) is 12.0 Å². The van der Waals surface area contributed by atoms with Crippen LogP contribution in [0.15, 0.2) is 23.1 Å². The van der Waals surface area contributed by atoms with Gasteiger partial charge in [0.05, 0.1) is 4.90 Å². The standard InChI is InChI=1S/C21H31N3O4S/c1-15(2)8-11-22-21(26)16-9-12-24(13-10-16)29(27,28)18-6-7-19-17(14-18)4-3-5-20(25)23-19/h6-7,14-16H,3-5,8-13H2,1-2H3,(H,22,26)(H,23,25). The number of carbonyl (C=O) groups is 2. The van der Waals surface area contributed by atoms with E-state index in [1.54, 1.807) is 18.2 Å². The third kappa shape index (κ3) is 5.36. The van der Waals surface area contributed by atoms with Crippen molar-refractivity contribution < 1.29 is 18.0 Å². The number of hydrogen-bond acceptors (Lipinski definition) is 4. The number of anilines is 1. The van der Waals surface area contributed by atoms with Crippen molar-refractivity contribution >= 4 is 27.5 Å². The number of nitrogens with one attached hydrogen (secondary N) is 2. The number of piperidine rings is 1. The van der Waals surface area contributed by atoms with Crippen LogP contribution in [0.3, 0.4) is 0 Å². The van der Waals surface area contributed by atoms with Crippen LogP contribution in [0.25, 0.3) is 0 Å². The van der Waals surface area contributed by atoms with E-state index in [2.05, 4.69) is 24.5 Å². The first-order valence-electron chi connectivity index (χ1n) is 10.5. The Morgan fingerprint density at radius 1 is 1.24 bits per heavy atom. The van der Waals surface area contributed by atoms with E-state index < -0.39 is 10.0 Å². The van der Waals surface area contributed by atoms with Gasteiger partial charge in [0.15, 0.2) is 0 Å². The Hall–Kier alpha value is -1.93. The Labute approximate surface area is 173 Å². The number of fused-ring (bicyclic) bond motifs is 1. The van der Waals surface area contributed by atoms with Gasteiger partial charge in [-0.3, -0.25) is 9.59 Å². The fourth-order valence-corrected chi connectivity index (χ4v) is 5.37. The maximum atomic E-state index is 13.1. The van der Waals surface area contributed by atoms with Crippen molar-refractivity contribution in [1.29, 1.82) is 0 Å². The molecule has 1 aromatic rings. The summed E-state index contributed by atoms with van der Waals surface area (Å²) < 4.78 is 27.6. The molecule has 2 heterocycles. The molecule has 0 radical (unpaired) electrons. The van der Waals surface area contributed by atoms with E-state index in [1.165, 1.54) is 4.31 Å². The summed E-state index contributed by atoms with van der Waals surface area (Å²) in [6.07, 6.45) is 3.85. The normalized spacial score (nSPS) is 18.8. The lowest BCUT2D eigenvalue weighted by Crippen LogP contribution is -2.43. The van der Waals surface area contributed by atoms with E-state index in [0.29, 0.717) is 63.3 Å². The van der Waals surface area contributed by atoms with Gasteiger partial charge in [-0.2, -0.15) is 4.31 Å². The predicted octanol–water partition coefficient (Wildman–Crippen LogP) is 2.52. The summed E-state index contributed by atoms with van der Waals surface area (Å²) in [7, 11) is -3.61. The first-order chi connectivity index (χ1) is 13.8. The third-order valence-corrected chi connectivity index (χ3v) is 7.58. The largest absolute Gasteiger partial charge is 0.356 e. The van der Waals surface area contributed by atoms with Gasteiger partial charge in [-0.1, -0.05) is 13.8 Å². The summed E-state index contributed by atoms with van der Waals surface area (Å²) in [6.45, 7) is 5.59. The van der Waals surface area contributed by atoms with Gasteiger partial charge < -0.3 is 10.6 Å². The first kappa shape index (κ1) is 21.8. The molecule has 2 aliphatic rings. The van der Waals surface area contributed by atoms with Crippen molar-refractivity contribution in [2.45, 2.75) is 57.3 Å². The van der Waals surface area contributed by atoms with Crippen molar-refractivity contribution in [3.8, 4) is 0 Å². The topological polar surface area (TPSA) is 95.6 Å². The number of amides is 2. The van der Waals surface area contributed by atoms with Crippen LogP contribution >= 0.6 is 0 Å². The van der Waals surface area contributed by atoms with E-state index in [4.69, 9.17) is 0 Å². The van der Waals surface area contributed by atoms with E-state index in [-0.39, 0.29) is 22.6 Å². The molecule has 1 fully saturated rings. The molecule has 0 aromatic heterocycles. The second kappa shape index (κ2) is 9.26. The third-order valence-electron chi connectivity index (χ3n) is 5.68. The van der Waals surface area contributed by atoms with Gasteiger partial charge in [-0.25, -0.2) is 8.42 Å². The number of nitrogens with zero attached hydrogens (tertiary/aromatic N) is 1. The highest BCUT2D eigenvalue weighted by molar-refractivity contribution is 7.89. The van der Waals surface area contributed by atoms with Crippen molar-refractivity contribution in [2.24, 2.45) is 11.8 Å². The molecule has 2 aliphatic heterocycles. The van der Waals surface area contributed by atoms with Gasteiger partial charge in [0.25, 0.3) is 0 Å². The number of aryl methyl sites for hydroxylation is 1. The summed E-state index contributed by atoms with van der Waals surface area (Å²) >= 11 is 0. The number of benzene rings is 1. The summed E-state index contributed by atoms with van der Waals surface area (Å²) in [5, 5.41) is 5.80. The predicted molar refractivity (Wildman–Crippen MR) is 112 cm³/mol. The van der Waals surface area contributed by atoms with Gasteiger partial charge in [-0.05, 0) is 61.8 Å². The molecule has 0 saturated carbocycles. The minimum Gasteiger partial charge on any atom is -0.356 e. The highest BCUT2D eigenvalue weighted by atomic mass is 32.2. The van der Waals surface area contributed by atoms with E-state index in [1.807, 2.05) is 0 Å². The molecule has 8 heteroatoms. The van der Waals surface area contributed by atoms with Crippen LogP contribution < -0.4 is 10.6 Å². The lowest BCUT2D eigenvalue weighted by atomic mass is 9.97. The molecule has 0 aliphatic carbocycles. The Balaban J connectivity index is 1.62. The van der Waals surface area contributed by atoms with Gasteiger partial charge in [0, 0.05) is 37.7 Å². The zero-order valence-electron chi connectivity index (χ0n) is 17.2. The number of rotatable bonds is 6. The first-order valence-corrected chi connectivity index (χ1v) is 11.9. The molecule has 7 nitrogen and oxygen atoms in total. The number of sulfonamides is 1. The second-order valence-corrected chi connectivity index (χ2v) is 10.3. The minimum absolute atomic E-state index is 0.0310. The highest BCUT2D eigenvalue weighted by Gasteiger charge is 2.32. The average Bonchev–Trinajstić information content (AvgIpc) is 2.87. The monoisotopic (exact) mass is 421 g/mol. The summed E-state index contributed by atoms with van der Waals surface area (Å²) in [5.41, 5.74) is 1.56. The molecular formula is C21H31N3O4S. The van der Waals surface area contributed by atoms with Crippen molar-refractivity contribution in [2.75, 3.05) is 25.0 Å². The molecule has 0 unspecified atom stereocenters. The van der Waals surface area contributed by atoms with Crippen LogP contribution in [0.1, 0.15) is 51.5 Å². The Bertz CT molecular complexity index is 859. The van der Waals surface area contributed by atoms with Crippen LogP contribution in [0, 0.1) is 11.8 Å². The molecule has 2 N–H and O–H groups in total. The molecule has 1 aromatic carbocycles. The SMILES string of the molecule is CC(C)CCNC(=O)C1CCN(S(=O)(=O)c2ccc3c(c2)CCCC(=O)N3)CC1. The molecule has 0 bridgehead atoms. The van der Waals surface area contributed by atoms with Crippen LogP contribution in [-0.4, -0.2) is 44.2 Å². The van der Waals surface area contributed by atoms with Gasteiger partial charge in [-0.15, -0.1) is 0 Å². The zero-order chi connectivity index (χ0) is 21.0. The van der Waals surface area contributed by atoms with Crippen molar-refractivity contribution in [3.63, 3.8) is 0 Å². The maximum absolute atomic E-state index is 13.1.